The van der Waals surface area contributed by atoms with Crippen LogP contribution in [0.3, 0.4) is 0 Å². The summed E-state index contributed by atoms with van der Waals surface area (Å²) in [4.78, 5) is 24.2. The van der Waals surface area contributed by atoms with Crippen molar-refractivity contribution in [2.75, 3.05) is 20.7 Å². The van der Waals surface area contributed by atoms with E-state index in [0.717, 1.165) is 0 Å². The summed E-state index contributed by atoms with van der Waals surface area (Å²) in [7, 11) is 2.97. The topological polar surface area (TPSA) is 46.6 Å². The molecule has 0 N–H and O–H groups in total. The summed E-state index contributed by atoms with van der Waals surface area (Å²) in [6, 6.07) is 0. The van der Waals surface area contributed by atoms with E-state index < -0.39 is 11.9 Å². The van der Waals surface area contributed by atoms with E-state index in [2.05, 4.69) is 4.74 Å². The molecule has 0 aliphatic carbocycles. The van der Waals surface area contributed by atoms with E-state index >= 15 is 0 Å². The monoisotopic (exact) mass is 187 g/mol. The fourth-order valence-corrected chi connectivity index (χ4v) is 1.01. The first-order chi connectivity index (χ1) is 6.08. The molecule has 4 heteroatoms. The van der Waals surface area contributed by atoms with Crippen LogP contribution in [0.1, 0.15) is 20.3 Å². The van der Waals surface area contributed by atoms with E-state index in [1.807, 2.05) is 6.92 Å². The predicted octanol–water partition coefficient (Wildman–Crippen LogP) is 0.664. The lowest BCUT2D eigenvalue weighted by atomic mass is 10.1. The molecule has 0 fully saturated rings. The third-order valence-electron chi connectivity index (χ3n) is 2.04. The fourth-order valence-electron chi connectivity index (χ4n) is 1.01. The van der Waals surface area contributed by atoms with Gasteiger partial charge in [-0.1, -0.05) is 6.92 Å². The Hall–Kier alpha value is -1.06. The average Bonchev–Trinajstić information content (AvgIpc) is 2.17. The van der Waals surface area contributed by atoms with Crippen LogP contribution in [0.4, 0.5) is 0 Å². The number of nitrogens with zero attached hydrogens (tertiary/aromatic N) is 1. The summed E-state index contributed by atoms with van der Waals surface area (Å²) in [5.41, 5.74) is 0. The number of hydrogen-bond acceptors (Lipinski definition) is 3. The van der Waals surface area contributed by atoms with Crippen molar-refractivity contribution in [1.29, 1.82) is 0 Å². The highest BCUT2D eigenvalue weighted by atomic mass is 16.5. The Morgan fingerprint density at radius 2 is 1.92 bits per heavy atom. The zero-order valence-corrected chi connectivity index (χ0v) is 8.66. The zero-order valence-electron chi connectivity index (χ0n) is 8.66. The van der Waals surface area contributed by atoms with Gasteiger partial charge in [-0.15, -0.1) is 0 Å². The van der Waals surface area contributed by atoms with E-state index in [1.54, 1.807) is 14.0 Å². The molecule has 0 heterocycles. The van der Waals surface area contributed by atoms with Gasteiger partial charge in [0.25, 0.3) is 0 Å². The summed E-state index contributed by atoms with van der Waals surface area (Å²) >= 11 is 0. The number of amides is 1. The van der Waals surface area contributed by atoms with Crippen LogP contribution in [0.2, 0.25) is 0 Å². The van der Waals surface area contributed by atoms with Gasteiger partial charge in [0.15, 0.2) is 0 Å². The Bertz CT molecular complexity index is 191. The summed E-state index contributed by atoms with van der Waals surface area (Å²) in [6.45, 7) is 4.26. The minimum absolute atomic E-state index is 0.170. The van der Waals surface area contributed by atoms with Gasteiger partial charge < -0.3 is 9.64 Å². The second-order valence-electron chi connectivity index (χ2n) is 2.84. The van der Waals surface area contributed by atoms with Gasteiger partial charge in [0.2, 0.25) is 5.91 Å². The molecule has 4 nitrogen and oxygen atoms in total. The summed E-state index contributed by atoms with van der Waals surface area (Å²) in [5, 5.41) is 0. The highest BCUT2D eigenvalue weighted by Gasteiger charge is 2.27. The number of carbonyl (C=O) groups excluding carboxylic acids is 2. The minimum Gasteiger partial charge on any atom is -0.468 e. The van der Waals surface area contributed by atoms with Crippen LogP contribution in [0.5, 0.6) is 0 Å². The molecule has 0 saturated carbocycles. The molecule has 0 aromatic rings. The smallest absolute Gasteiger partial charge is 0.318 e. The second kappa shape index (κ2) is 5.56. The first-order valence-electron chi connectivity index (χ1n) is 4.41. The van der Waals surface area contributed by atoms with Crippen molar-refractivity contribution in [2.24, 2.45) is 5.92 Å². The van der Waals surface area contributed by atoms with Gasteiger partial charge in [0.05, 0.1) is 7.11 Å². The molecule has 13 heavy (non-hydrogen) atoms. The number of esters is 1. The first kappa shape index (κ1) is 11.9. The minimum atomic E-state index is -0.644. The molecule has 0 aromatic carbocycles. The normalized spacial score (nSPS) is 12.0. The van der Waals surface area contributed by atoms with Gasteiger partial charge in [-0.25, -0.2) is 0 Å². The van der Waals surface area contributed by atoms with Crippen molar-refractivity contribution in [3.05, 3.63) is 0 Å². The van der Waals surface area contributed by atoms with Crippen LogP contribution in [0.15, 0.2) is 0 Å². The standard InChI is InChI=1S/C9H17NO3/c1-5-7(9(12)13-4)8(11)10(3)6-2/h7H,5-6H2,1-4H3. The molecule has 0 saturated heterocycles. The maximum Gasteiger partial charge on any atom is 0.318 e. The third-order valence-corrected chi connectivity index (χ3v) is 2.04. The van der Waals surface area contributed by atoms with Crippen molar-refractivity contribution >= 4 is 11.9 Å². The highest BCUT2D eigenvalue weighted by Crippen LogP contribution is 2.08. The second-order valence-corrected chi connectivity index (χ2v) is 2.84. The molecule has 0 spiro atoms. The lowest BCUT2D eigenvalue weighted by molar-refractivity contribution is -0.153. The van der Waals surface area contributed by atoms with Crippen molar-refractivity contribution in [3.63, 3.8) is 0 Å². The highest BCUT2D eigenvalue weighted by molar-refractivity contribution is 5.97. The van der Waals surface area contributed by atoms with E-state index in [9.17, 15) is 9.59 Å². The predicted molar refractivity (Wildman–Crippen MR) is 49.1 cm³/mol. The van der Waals surface area contributed by atoms with Gasteiger partial charge in [0, 0.05) is 13.6 Å². The lowest BCUT2D eigenvalue weighted by Gasteiger charge is -2.19. The fraction of sp³-hybridized carbons (Fsp3) is 0.778. The van der Waals surface area contributed by atoms with Gasteiger partial charge in [0.1, 0.15) is 5.92 Å². The van der Waals surface area contributed by atoms with E-state index in [4.69, 9.17) is 0 Å². The molecule has 1 amide bonds. The Balaban J connectivity index is 4.40. The van der Waals surface area contributed by atoms with E-state index in [0.29, 0.717) is 13.0 Å². The van der Waals surface area contributed by atoms with Crippen LogP contribution in [0.25, 0.3) is 0 Å². The zero-order chi connectivity index (χ0) is 10.4. The third kappa shape index (κ3) is 3.05. The van der Waals surface area contributed by atoms with Crippen LogP contribution in [0, 0.1) is 5.92 Å². The van der Waals surface area contributed by atoms with Crippen LogP contribution in [-0.4, -0.2) is 37.5 Å². The molecule has 0 radical (unpaired) electrons. The molecule has 76 valence electrons. The molecule has 1 atom stereocenters. The lowest BCUT2D eigenvalue weighted by Crippen LogP contribution is -2.37. The average molecular weight is 187 g/mol. The number of hydrogen-bond donors (Lipinski definition) is 0. The number of ether oxygens (including phenoxy) is 1. The van der Waals surface area contributed by atoms with Gasteiger partial charge in [-0.2, -0.15) is 0 Å². The molecule has 0 aliphatic heterocycles. The SMILES string of the molecule is CCC(C(=O)OC)C(=O)N(C)CC. The first-order valence-corrected chi connectivity index (χ1v) is 4.41. The largest absolute Gasteiger partial charge is 0.468 e. The quantitative estimate of drug-likeness (QED) is 0.480. The molecule has 0 aromatic heterocycles. The summed E-state index contributed by atoms with van der Waals surface area (Å²) in [5.74, 6) is -1.26. The van der Waals surface area contributed by atoms with Crippen molar-refractivity contribution in [1.82, 2.24) is 4.90 Å². The molecular formula is C9H17NO3. The van der Waals surface area contributed by atoms with Crippen molar-refractivity contribution in [2.45, 2.75) is 20.3 Å². The van der Waals surface area contributed by atoms with Crippen LogP contribution >= 0.6 is 0 Å². The molecule has 1 unspecified atom stereocenters. The molecular weight excluding hydrogens is 170 g/mol. The summed E-state index contributed by atoms with van der Waals surface area (Å²) < 4.78 is 4.53. The van der Waals surface area contributed by atoms with Crippen molar-refractivity contribution in [3.8, 4) is 0 Å². The Morgan fingerprint density at radius 3 is 2.23 bits per heavy atom. The summed E-state index contributed by atoms with van der Waals surface area (Å²) in [6.07, 6.45) is 0.482. The Labute approximate surface area is 78.9 Å². The Kier molecular flexibility index (Phi) is 5.11. The van der Waals surface area contributed by atoms with Gasteiger partial charge >= 0.3 is 5.97 Å². The van der Waals surface area contributed by atoms with E-state index in [1.165, 1.54) is 12.0 Å². The Morgan fingerprint density at radius 1 is 1.38 bits per heavy atom. The van der Waals surface area contributed by atoms with Crippen LogP contribution < -0.4 is 0 Å². The maximum absolute atomic E-state index is 11.5. The van der Waals surface area contributed by atoms with E-state index in [-0.39, 0.29) is 5.91 Å². The number of carbonyl (C=O) groups is 2. The van der Waals surface area contributed by atoms with Gasteiger partial charge in [-0.3, -0.25) is 9.59 Å². The maximum atomic E-state index is 11.5. The molecule has 0 aliphatic rings. The number of rotatable bonds is 4. The van der Waals surface area contributed by atoms with Crippen molar-refractivity contribution < 1.29 is 14.3 Å². The van der Waals surface area contributed by atoms with Gasteiger partial charge in [-0.05, 0) is 13.3 Å². The number of methoxy groups -OCH3 is 1. The van der Waals surface area contributed by atoms with Crippen LogP contribution in [-0.2, 0) is 14.3 Å². The molecule has 0 rings (SSSR count). The molecule has 0 bridgehead atoms.